The highest BCUT2D eigenvalue weighted by molar-refractivity contribution is 5.94. The summed E-state index contributed by atoms with van der Waals surface area (Å²) in [5.74, 6) is -0.547. The van der Waals surface area contributed by atoms with Crippen LogP contribution in [0.15, 0.2) is 42.5 Å². The quantitative estimate of drug-likeness (QED) is 0.804. The fraction of sp³-hybridized carbons (Fsp3) is 0.167. The van der Waals surface area contributed by atoms with E-state index in [9.17, 15) is 9.18 Å². The number of aromatic nitrogens is 2. The zero-order chi connectivity index (χ0) is 16.4. The first-order chi connectivity index (χ1) is 11.0. The van der Waals surface area contributed by atoms with E-state index < -0.39 is 0 Å². The maximum Gasteiger partial charge on any atom is 0.228 e. The summed E-state index contributed by atoms with van der Waals surface area (Å²) in [5.41, 5.74) is 4.56. The van der Waals surface area contributed by atoms with Gasteiger partial charge in [0.25, 0.3) is 0 Å². The van der Waals surface area contributed by atoms with Crippen molar-refractivity contribution in [1.82, 2.24) is 9.97 Å². The monoisotopic (exact) mass is 309 g/mol. The highest BCUT2D eigenvalue weighted by atomic mass is 19.1. The van der Waals surface area contributed by atoms with Gasteiger partial charge in [0, 0.05) is 5.69 Å². The summed E-state index contributed by atoms with van der Waals surface area (Å²) in [6.45, 7) is 3.81. The zero-order valence-electron chi connectivity index (χ0n) is 12.9. The van der Waals surface area contributed by atoms with E-state index in [4.69, 9.17) is 0 Å². The van der Waals surface area contributed by atoms with E-state index in [1.54, 1.807) is 24.3 Å². The lowest BCUT2D eigenvalue weighted by Crippen LogP contribution is -2.14. The molecule has 3 rings (SSSR count). The molecule has 0 aliphatic rings. The summed E-state index contributed by atoms with van der Waals surface area (Å²) in [4.78, 5) is 21.0. The molecule has 0 saturated heterocycles. The maximum atomic E-state index is 13.1. The summed E-state index contributed by atoms with van der Waals surface area (Å²) in [6, 6.07) is 11.4. The van der Waals surface area contributed by atoms with E-state index in [1.165, 1.54) is 12.1 Å². The van der Waals surface area contributed by atoms with E-state index in [2.05, 4.69) is 15.3 Å². The average Bonchev–Trinajstić information content (AvgIpc) is 2.48. The lowest BCUT2D eigenvalue weighted by molar-refractivity contribution is -0.115. The molecule has 2 aromatic carbocycles. The molecule has 1 amide bonds. The van der Waals surface area contributed by atoms with E-state index in [0.717, 1.165) is 22.4 Å². The van der Waals surface area contributed by atoms with Crippen LogP contribution in [0.25, 0.3) is 11.0 Å². The third-order valence-electron chi connectivity index (χ3n) is 3.61. The standard InChI is InChI=1S/C18H16FN3O/c1-11-12(2)21-17-10-15(6-7-16(17)20-11)22-18(23)9-13-4-3-5-14(19)8-13/h3-8,10H,9H2,1-2H3,(H,22,23). The van der Waals surface area contributed by atoms with Crippen LogP contribution >= 0.6 is 0 Å². The van der Waals surface area contributed by atoms with Gasteiger partial charge in [0.05, 0.1) is 28.8 Å². The Morgan fingerprint density at radius 1 is 1.04 bits per heavy atom. The number of fused-ring (bicyclic) bond motifs is 1. The third-order valence-corrected chi connectivity index (χ3v) is 3.61. The number of amides is 1. The van der Waals surface area contributed by atoms with Crippen molar-refractivity contribution in [3.63, 3.8) is 0 Å². The van der Waals surface area contributed by atoms with Crippen LogP contribution in [0, 0.1) is 19.7 Å². The van der Waals surface area contributed by atoms with Gasteiger partial charge in [0.1, 0.15) is 5.82 Å². The first-order valence-electron chi connectivity index (χ1n) is 7.30. The van der Waals surface area contributed by atoms with Gasteiger partial charge in [-0.15, -0.1) is 0 Å². The Balaban J connectivity index is 1.78. The molecule has 4 nitrogen and oxygen atoms in total. The van der Waals surface area contributed by atoms with Crippen molar-refractivity contribution in [2.75, 3.05) is 5.32 Å². The van der Waals surface area contributed by atoms with Crippen LogP contribution in [0.2, 0.25) is 0 Å². The minimum Gasteiger partial charge on any atom is -0.326 e. The molecule has 5 heteroatoms. The molecule has 1 N–H and O–H groups in total. The van der Waals surface area contributed by atoms with Crippen molar-refractivity contribution in [1.29, 1.82) is 0 Å². The Labute approximate surface area is 133 Å². The molecule has 0 aliphatic heterocycles. The SMILES string of the molecule is Cc1nc2ccc(NC(=O)Cc3cccc(F)c3)cc2nc1C. The molecule has 3 aromatic rings. The molecule has 1 aromatic heterocycles. The predicted molar refractivity (Wildman–Crippen MR) is 87.7 cm³/mol. The van der Waals surface area contributed by atoms with Crippen LogP contribution in [0.5, 0.6) is 0 Å². The Kier molecular flexibility index (Phi) is 4.02. The number of hydrogen-bond acceptors (Lipinski definition) is 3. The molecule has 0 radical (unpaired) electrons. The second-order valence-electron chi connectivity index (χ2n) is 5.45. The van der Waals surface area contributed by atoms with Crippen molar-refractivity contribution in [2.45, 2.75) is 20.3 Å². The number of carbonyl (C=O) groups is 1. The van der Waals surface area contributed by atoms with E-state index in [-0.39, 0.29) is 18.1 Å². The van der Waals surface area contributed by atoms with Crippen molar-refractivity contribution in [2.24, 2.45) is 0 Å². The fourth-order valence-electron chi connectivity index (χ4n) is 2.35. The smallest absolute Gasteiger partial charge is 0.228 e. The Hall–Kier alpha value is -2.82. The van der Waals surface area contributed by atoms with Gasteiger partial charge in [-0.25, -0.2) is 14.4 Å². The van der Waals surface area contributed by atoms with Crippen molar-refractivity contribution >= 4 is 22.6 Å². The minimum absolute atomic E-state index is 0.119. The predicted octanol–water partition coefficient (Wildman–Crippen LogP) is 3.57. The number of benzene rings is 2. The topological polar surface area (TPSA) is 54.9 Å². The number of rotatable bonds is 3. The number of aryl methyl sites for hydroxylation is 2. The number of nitrogens with zero attached hydrogens (tertiary/aromatic N) is 2. The van der Waals surface area contributed by atoms with Crippen molar-refractivity contribution in [3.05, 3.63) is 65.2 Å². The number of carbonyl (C=O) groups excluding carboxylic acids is 1. The lowest BCUT2D eigenvalue weighted by atomic mass is 10.1. The number of halogens is 1. The highest BCUT2D eigenvalue weighted by Gasteiger charge is 2.07. The Morgan fingerprint density at radius 3 is 2.52 bits per heavy atom. The fourth-order valence-corrected chi connectivity index (χ4v) is 2.35. The van der Waals surface area contributed by atoms with Crippen LogP contribution in [0.3, 0.4) is 0 Å². The van der Waals surface area contributed by atoms with Crippen molar-refractivity contribution in [3.8, 4) is 0 Å². The normalized spacial score (nSPS) is 10.7. The van der Waals surface area contributed by atoms with E-state index >= 15 is 0 Å². The number of nitrogens with one attached hydrogen (secondary N) is 1. The molecular formula is C18H16FN3O. The van der Waals surface area contributed by atoms with Gasteiger partial charge in [0.2, 0.25) is 5.91 Å². The first-order valence-corrected chi connectivity index (χ1v) is 7.30. The van der Waals surface area contributed by atoms with Gasteiger partial charge < -0.3 is 5.32 Å². The molecule has 116 valence electrons. The second kappa shape index (κ2) is 6.12. The summed E-state index contributed by atoms with van der Waals surface area (Å²) in [7, 11) is 0. The number of anilines is 1. The van der Waals surface area contributed by atoms with E-state index in [0.29, 0.717) is 11.3 Å². The van der Waals surface area contributed by atoms with E-state index in [1.807, 2.05) is 19.9 Å². The van der Waals surface area contributed by atoms with Gasteiger partial charge in [-0.1, -0.05) is 12.1 Å². The van der Waals surface area contributed by atoms with Crippen LogP contribution in [0.4, 0.5) is 10.1 Å². The van der Waals surface area contributed by atoms with Gasteiger partial charge >= 0.3 is 0 Å². The van der Waals surface area contributed by atoms with Gasteiger partial charge in [-0.3, -0.25) is 4.79 Å². The Bertz CT molecular complexity index is 893. The summed E-state index contributed by atoms with van der Waals surface area (Å²) in [6.07, 6.45) is 0.119. The summed E-state index contributed by atoms with van der Waals surface area (Å²) in [5, 5.41) is 2.81. The summed E-state index contributed by atoms with van der Waals surface area (Å²) >= 11 is 0. The molecule has 0 bridgehead atoms. The van der Waals surface area contributed by atoms with Gasteiger partial charge in [-0.2, -0.15) is 0 Å². The maximum absolute atomic E-state index is 13.1. The van der Waals surface area contributed by atoms with Gasteiger partial charge in [-0.05, 0) is 49.7 Å². The first kappa shape index (κ1) is 15.1. The largest absolute Gasteiger partial charge is 0.326 e. The van der Waals surface area contributed by atoms with Crippen LogP contribution in [-0.4, -0.2) is 15.9 Å². The molecule has 0 unspecified atom stereocenters. The highest BCUT2D eigenvalue weighted by Crippen LogP contribution is 2.18. The molecular weight excluding hydrogens is 293 g/mol. The summed E-state index contributed by atoms with van der Waals surface area (Å²) < 4.78 is 13.1. The van der Waals surface area contributed by atoms with Crippen LogP contribution in [0.1, 0.15) is 17.0 Å². The molecule has 0 aliphatic carbocycles. The van der Waals surface area contributed by atoms with Crippen LogP contribution in [-0.2, 0) is 11.2 Å². The average molecular weight is 309 g/mol. The minimum atomic E-state index is -0.345. The molecule has 1 heterocycles. The molecule has 23 heavy (non-hydrogen) atoms. The lowest BCUT2D eigenvalue weighted by Gasteiger charge is -2.07. The third kappa shape index (κ3) is 3.51. The molecule has 0 atom stereocenters. The molecule has 0 fully saturated rings. The zero-order valence-corrected chi connectivity index (χ0v) is 12.9. The van der Waals surface area contributed by atoms with Crippen LogP contribution < -0.4 is 5.32 Å². The Morgan fingerprint density at radius 2 is 1.78 bits per heavy atom. The molecule has 0 saturated carbocycles. The van der Waals surface area contributed by atoms with Crippen molar-refractivity contribution < 1.29 is 9.18 Å². The number of hydrogen-bond donors (Lipinski definition) is 1. The van der Waals surface area contributed by atoms with Gasteiger partial charge in [0.15, 0.2) is 0 Å². The molecule has 0 spiro atoms. The second-order valence-corrected chi connectivity index (χ2v) is 5.45.